The Morgan fingerprint density at radius 3 is 2.64 bits per heavy atom. The summed E-state index contributed by atoms with van der Waals surface area (Å²) in [6.07, 6.45) is 6.06. The molecule has 3 heterocycles. The summed E-state index contributed by atoms with van der Waals surface area (Å²) in [5.74, 6) is 0.909. The monoisotopic (exact) mass is 337 g/mol. The molecule has 0 spiro atoms. The third-order valence-corrected chi connectivity index (χ3v) is 5.45. The molecular formula is C21H27N3O. The van der Waals surface area contributed by atoms with Crippen molar-refractivity contribution in [2.24, 2.45) is 0 Å². The van der Waals surface area contributed by atoms with Crippen LogP contribution < -0.4 is 4.74 Å². The van der Waals surface area contributed by atoms with Gasteiger partial charge in [0, 0.05) is 35.1 Å². The maximum Gasteiger partial charge on any atom is 0.120 e. The van der Waals surface area contributed by atoms with Crippen LogP contribution in [-0.4, -0.2) is 41.2 Å². The molecule has 3 aromatic rings. The van der Waals surface area contributed by atoms with E-state index in [4.69, 9.17) is 4.74 Å². The first-order valence-corrected chi connectivity index (χ1v) is 9.34. The molecular weight excluding hydrogens is 310 g/mol. The fourth-order valence-electron chi connectivity index (χ4n) is 4.23. The van der Waals surface area contributed by atoms with Crippen molar-refractivity contribution in [3.8, 4) is 5.75 Å². The van der Waals surface area contributed by atoms with Gasteiger partial charge < -0.3 is 14.2 Å². The highest BCUT2D eigenvalue weighted by Crippen LogP contribution is 2.34. The predicted molar refractivity (Wildman–Crippen MR) is 104 cm³/mol. The molecule has 0 saturated carbocycles. The number of hydrogen-bond donors (Lipinski definition) is 0. The minimum atomic E-state index is 0.398. The Bertz CT molecular complexity index is 893. The van der Waals surface area contributed by atoms with Crippen molar-refractivity contribution in [1.29, 1.82) is 0 Å². The van der Waals surface area contributed by atoms with Gasteiger partial charge in [-0.15, -0.1) is 0 Å². The molecule has 4 heteroatoms. The van der Waals surface area contributed by atoms with Crippen molar-refractivity contribution >= 4 is 21.8 Å². The Hall–Kier alpha value is -2.07. The van der Waals surface area contributed by atoms with Gasteiger partial charge in [0.15, 0.2) is 0 Å². The number of aryl methyl sites for hydroxylation is 1. The van der Waals surface area contributed by atoms with E-state index in [0.717, 1.165) is 18.0 Å². The molecule has 25 heavy (non-hydrogen) atoms. The van der Waals surface area contributed by atoms with Crippen LogP contribution >= 0.6 is 0 Å². The van der Waals surface area contributed by atoms with Crippen LogP contribution in [0.15, 0.2) is 30.5 Å². The maximum absolute atomic E-state index is 5.49. The highest BCUT2D eigenvalue weighted by atomic mass is 16.5. The number of rotatable bonds is 4. The fraction of sp³-hybridized carbons (Fsp3) is 0.476. The summed E-state index contributed by atoms with van der Waals surface area (Å²) in [4.78, 5) is 7.17. The van der Waals surface area contributed by atoms with Crippen LogP contribution in [0.3, 0.4) is 0 Å². The SMILES string of the molecule is COc1ccc2c3cc(C)ncc3n(C(C)CN3CCCCC3)c2c1. The van der Waals surface area contributed by atoms with Crippen LogP contribution in [-0.2, 0) is 0 Å². The van der Waals surface area contributed by atoms with E-state index in [0.29, 0.717) is 6.04 Å². The molecule has 1 aliphatic heterocycles. The Morgan fingerprint density at radius 1 is 1.08 bits per heavy atom. The number of methoxy groups -OCH3 is 1. The first-order valence-electron chi connectivity index (χ1n) is 9.34. The zero-order valence-electron chi connectivity index (χ0n) is 15.5. The third-order valence-electron chi connectivity index (χ3n) is 5.45. The molecule has 2 aromatic heterocycles. The number of fused-ring (bicyclic) bond motifs is 3. The molecule has 0 amide bonds. The second-order valence-corrected chi connectivity index (χ2v) is 7.31. The summed E-state index contributed by atoms with van der Waals surface area (Å²) >= 11 is 0. The molecule has 1 fully saturated rings. The van der Waals surface area contributed by atoms with E-state index < -0.39 is 0 Å². The lowest BCUT2D eigenvalue weighted by Crippen LogP contribution is -2.34. The van der Waals surface area contributed by atoms with Crippen LogP contribution in [0.5, 0.6) is 5.75 Å². The van der Waals surface area contributed by atoms with Crippen LogP contribution in [0.4, 0.5) is 0 Å². The third kappa shape index (κ3) is 2.99. The number of piperidine rings is 1. The summed E-state index contributed by atoms with van der Waals surface area (Å²) in [6.45, 7) is 7.92. The van der Waals surface area contributed by atoms with E-state index in [-0.39, 0.29) is 0 Å². The van der Waals surface area contributed by atoms with Gasteiger partial charge in [0.25, 0.3) is 0 Å². The first kappa shape index (κ1) is 16.4. The molecule has 1 saturated heterocycles. The van der Waals surface area contributed by atoms with Crippen molar-refractivity contribution in [3.05, 3.63) is 36.2 Å². The lowest BCUT2D eigenvalue weighted by molar-refractivity contribution is 0.204. The average molecular weight is 337 g/mol. The molecule has 4 nitrogen and oxygen atoms in total. The van der Waals surface area contributed by atoms with Gasteiger partial charge in [-0.3, -0.25) is 4.98 Å². The molecule has 1 aliphatic rings. The van der Waals surface area contributed by atoms with Crippen molar-refractivity contribution in [2.75, 3.05) is 26.7 Å². The average Bonchev–Trinajstić information content (AvgIpc) is 2.95. The van der Waals surface area contributed by atoms with Crippen LogP contribution in [0.2, 0.25) is 0 Å². The van der Waals surface area contributed by atoms with Gasteiger partial charge in [-0.05, 0) is 58.0 Å². The molecule has 0 radical (unpaired) electrons. The largest absolute Gasteiger partial charge is 0.497 e. The number of aromatic nitrogens is 2. The zero-order chi connectivity index (χ0) is 17.4. The van der Waals surface area contributed by atoms with E-state index in [1.807, 2.05) is 6.20 Å². The van der Waals surface area contributed by atoms with Crippen LogP contribution in [0.25, 0.3) is 21.8 Å². The number of pyridine rings is 1. The molecule has 0 aliphatic carbocycles. The Morgan fingerprint density at radius 2 is 1.88 bits per heavy atom. The van der Waals surface area contributed by atoms with Crippen molar-refractivity contribution < 1.29 is 4.74 Å². The van der Waals surface area contributed by atoms with Crippen molar-refractivity contribution in [3.63, 3.8) is 0 Å². The van der Waals surface area contributed by atoms with Gasteiger partial charge in [0.2, 0.25) is 0 Å². The highest BCUT2D eigenvalue weighted by molar-refractivity contribution is 6.08. The summed E-state index contributed by atoms with van der Waals surface area (Å²) in [7, 11) is 1.73. The van der Waals surface area contributed by atoms with Gasteiger partial charge in [-0.2, -0.15) is 0 Å². The summed E-state index contributed by atoms with van der Waals surface area (Å²) < 4.78 is 7.94. The number of benzene rings is 1. The molecule has 1 aromatic carbocycles. The fourth-order valence-corrected chi connectivity index (χ4v) is 4.23. The van der Waals surface area contributed by atoms with Gasteiger partial charge in [-0.25, -0.2) is 0 Å². The lowest BCUT2D eigenvalue weighted by atomic mass is 10.1. The smallest absolute Gasteiger partial charge is 0.120 e. The van der Waals surface area contributed by atoms with Crippen LogP contribution in [0.1, 0.15) is 37.9 Å². The zero-order valence-corrected chi connectivity index (χ0v) is 15.5. The lowest BCUT2D eigenvalue weighted by Gasteiger charge is -2.30. The molecule has 4 rings (SSSR count). The summed E-state index contributed by atoms with van der Waals surface area (Å²) in [5, 5.41) is 2.57. The number of likely N-dealkylation sites (tertiary alicyclic amines) is 1. The van der Waals surface area contributed by atoms with E-state index in [1.54, 1.807) is 7.11 Å². The molecule has 0 bridgehead atoms. The topological polar surface area (TPSA) is 30.3 Å². The van der Waals surface area contributed by atoms with E-state index >= 15 is 0 Å². The minimum absolute atomic E-state index is 0.398. The van der Waals surface area contributed by atoms with Gasteiger partial charge in [-0.1, -0.05) is 6.42 Å². The number of ether oxygens (including phenoxy) is 1. The van der Waals surface area contributed by atoms with Crippen LogP contribution in [0, 0.1) is 6.92 Å². The minimum Gasteiger partial charge on any atom is -0.497 e. The number of hydrogen-bond acceptors (Lipinski definition) is 3. The normalized spacial score (nSPS) is 17.2. The van der Waals surface area contributed by atoms with Crippen molar-refractivity contribution in [2.45, 2.75) is 39.2 Å². The van der Waals surface area contributed by atoms with E-state index in [1.165, 1.54) is 54.2 Å². The Labute approximate surface area is 149 Å². The van der Waals surface area contributed by atoms with Gasteiger partial charge >= 0.3 is 0 Å². The predicted octanol–water partition coefficient (Wildman–Crippen LogP) is 4.55. The van der Waals surface area contributed by atoms with Crippen molar-refractivity contribution in [1.82, 2.24) is 14.5 Å². The highest BCUT2D eigenvalue weighted by Gasteiger charge is 2.19. The summed E-state index contributed by atoms with van der Waals surface area (Å²) in [6, 6.07) is 9.00. The maximum atomic E-state index is 5.49. The Balaban J connectivity index is 1.83. The molecule has 1 atom stereocenters. The molecule has 0 N–H and O–H groups in total. The standard InChI is InChI=1S/C21H27N3O/c1-15-11-19-18-8-7-17(25-3)12-20(18)24(21(19)13-22-15)16(2)14-23-9-5-4-6-10-23/h7-8,11-13,16H,4-6,9-10,14H2,1-3H3. The Kier molecular flexibility index (Phi) is 4.38. The van der Waals surface area contributed by atoms with Gasteiger partial charge in [0.1, 0.15) is 5.75 Å². The summed E-state index contributed by atoms with van der Waals surface area (Å²) in [5.41, 5.74) is 3.52. The van der Waals surface area contributed by atoms with Gasteiger partial charge in [0.05, 0.1) is 24.3 Å². The second kappa shape index (κ2) is 6.68. The second-order valence-electron chi connectivity index (χ2n) is 7.31. The van der Waals surface area contributed by atoms with E-state index in [2.05, 4.69) is 52.6 Å². The number of nitrogens with zero attached hydrogens (tertiary/aromatic N) is 3. The molecule has 132 valence electrons. The quantitative estimate of drug-likeness (QED) is 0.699. The first-order chi connectivity index (χ1) is 12.2. The molecule has 1 unspecified atom stereocenters. The van der Waals surface area contributed by atoms with E-state index in [9.17, 15) is 0 Å².